The molecule has 0 aliphatic heterocycles. The van der Waals surface area contributed by atoms with E-state index in [0.717, 1.165) is 12.8 Å². The van der Waals surface area contributed by atoms with Crippen LogP contribution in [0, 0.1) is 18.8 Å². The molecule has 6 heteroatoms. The summed E-state index contributed by atoms with van der Waals surface area (Å²) in [5.74, 6) is 0.0141. The van der Waals surface area contributed by atoms with E-state index in [1.165, 1.54) is 18.9 Å². The van der Waals surface area contributed by atoms with Crippen LogP contribution in [0.3, 0.4) is 0 Å². The Hall–Kier alpha value is -1.69. The third kappa shape index (κ3) is 3.66. The van der Waals surface area contributed by atoms with Crippen LogP contribution >= 0.6 is 0 Å². The third-order valence-electron chi connectivity index (χ3n) is 3.90. The van der Waals surface area contributed by atoms with Gasteiger partial charge < -0.3 is 15.5 Å². The van der Waals surface area contributed by atoms with Crippen molar-refractivity contribution in [1.29, 1.82) is 0 Å². The molecule has 1 aliphatic rings. The first-order valence-corrected chi connectivity index (χ1v) is 7.04. The summed E-state index contributed by atoms with van der Waals surface area (Å²) in [5, 5.41) is 21.5. The minimum absolute atomic E-state index is 0.00218. The summed E-state index contributed by atoms with van der Waals surface area (Å²) >= 11 is 0. The zero-order chi connectivity index (χ0) is 14.5. The average molecular weight is 279 g/mol. The quantitative estimate of drug-likeness (QED) is 0.759. The van der Waals surface area contributed by atoms with E-state index in [4.69, 9.17) is 5.11 Å². The normalized spacial score (nSPS) is 22.5. The Morgan fingerprint density at radius 3 is 2.70 bits per heavy atom. The topological polar surface area (TPSA) is 95.3 Å². The van der Waals surface area contributed by atoms with Gasteiger partial charge in [0.2, 0.25) is 5.95 Å². The summed E-state index contributed by atoms with van der Waals surface area (Å²) in [4.78, 5) is 19.1. The third-order valence-corrected chi connectivity index (χ3v) is 3.90. The van der Waals surface area contributed by atoms with E-state index in [1.54, 1.807) is 6.92 Å². The number of anilines is 1. The van der Waals surface area contributed by atoms with E-state index in [1.807, 2.05) is 0 Å². The fraction of sp³-hybridized carbons (Fsp3) is 0.643. The van der Waals surface area contributed by atoms with Crippen molar-refractivity contribution in [1.82, 2.24) is 9.97 Å². The predicted octanol–water partition coefficient (Wildman–Crippen LogP) is 1.69. The summed E-state index contributed by atoms with van der Waals surface area (Å²) in [6.07, 6.45) is 4.48. The summed E-state index contributed by atoms with van der Waals surface area (Å²) in [6, 6.07) is 1.45. The van der Waals surface area contributed by atoms with Crippen LogP contribution in [0.2, 0.25) is 0 Å². The maximum absolute atomic E-state index is 11.0. The van der Waals surface area contributed by atoms with Gasteiger partial charge in [0.05, 0.1) is 0 Å². The number of nitrogens with one attached hydrogen (secondary N) is 1. The molecule has 2 rings (SSSR count). The molecule has 6 nitrogen and oxygen atoms in total. The van der Waals surface area contributed by atoms with Gasteiger partial charge in [0.1, 0.15) is 0 Å². The lowest BCUT2D eigenvalue weighted by Gasteiger charge is -2.30. The van der Waals surface area contributed by atoms with Crippen molar-refractivity contribution in [3.05, 3.63) is 17.5 Å². The van der Waals surface area contributed by atoms with Crippen LogP contribution in [0.15, 0.2) is 6.07 Å². The van der Waals surface area contributed by atoms with Crippen molar-refractivity contribution in [2.24, 2.45) is 11.8 Å². The van der Waals surface area contributed by atoms with E-state index in [2.05, 4.69) is 15.3 Å². The highest BCUT2D eigenvalue weighted by Gasteiger charge is 2.24. The fourth-order valence-electron chi connectivity index (χ4n) is 2.77. The Balaban J connectivity index is 2.01. The molecule has 0 radical (unpaired) electrons. The fourth-order valence-corrected chi connectivity index (χ4v) is 2.77. The molecular weight excluding hydrogens is 258 g/mol. The zero-order valence-electron chi connectivity index (χ0n) is 11.7. The molecule has 1 aliphatic carbocycles. The van der Waals surface area contributed by atoms with Crippen molar-refractivity contribution < 1.29 is 15.0 Å². The Kier molecular flexibility index (Phi) is 4.89. The standard InChI is InChI=1S/C14H21N3O3/c1-9-6-12(13(19)20)17-14(16-9)15-7-10-4-2-3-5-11(10)8-18/h6,10-11,18H,2-5,7-8H2,1H3,(H,19,20)(H,15,16,17). The maximum atomic E-state index is 11.0. The Labute approximate surface area is 118 Å². The Morgan fingerprint density at radius 1 is 1.35 bits per heavy atom. The second-order valence-electron chi connectivity index (χ2n) is 5.39. The molecular formula is C14H21N3O3. The van der Waals surface area contributed by atoms with Gasteiger partial charge in [-0.05, 0) is 37.7 Å². The zero-order valence-corrected chi connectivity index (χ0v) is 11.7. The van der Waals surface area contributed by atoms with Gasteiger partial charge >= 0.3 is 5.97 Å². The number of carboxylic acid groups (broad SMARTS) is 1. The van der Waals surface area contributed by atoms with Gasteiger partial charge in [-0.2, -0.15) is 0 Å². The van der Waals surface area contributed by atoms with Gasteiger partial charge in [0, 0.05) is 18.8 Å². The highest BCUT2D eigenvalue weighted by Crippen LogP contribution is 2.29. The Bertz CT molecular complexity index is 479. The molecule has 1 fully saturated rings. The van der Waals surface area contributed by atoms with Crippen molar-refractivity contribution in [2.75, 3.05) is 18.5 Å². The summed E-state index contributed by atoms with van der Waals surface area (Å²) in [7, 11) is 0. The number of hydrogen-bond acceptors (Lipinski definition) is 5. The van der Waals surface area contributed by atoms with Crippen molar-refractivity contribution >= 4 is 11.9 Å². The van der Waals surface area contributed by atoms with Crippen LogP contribution in [-0.2, 0) is 0 Å². The van der Waals surface area contributed by atoms with E-state index in [-0.39, 0.29) is 12.3 Å². The number of aryl methyl sites for hydroxylation is 1. The first-order chi connectivity index (χ1) is 9.60. The van der Waals surface area contributed by atoms with Crippen LogP contribution in [0.25, 0.3) is 0 Å². The summed E-state index contributed by atoms with van der Waals surface area (Å²) in [5.41, 5.74) is 0.629. The van der Waals surface area contributed by atoms with Crippen LogP contribution in [0.4, 0.5) is 5.95 Å². The number of aromatic nitrogens is 2. The molecule has 3 N–H and O–H groups in total. The number of nitrogens with zero attached hydrogens (tertiary/aromatic N) is 2. The molecule has 1 saturated carbocycles. The highest BCUT2D eigenvalue weighted by atomic mass is 16.4. The first-order valence-electron chi connectivity index (χ1n) is 7.04. The molecule has 0 saturated heterocycles. The lowest BCUT2D eigenvalue weighted by atomic mass is 9.80. The van der Waals surface area contributed by atoms with E-state index >= 15 is 0 Å². The smallest absolute Gasteiger partial charge is 0.354 e. The first kappa shape index (κ1) is 14.7. The molecule has 1 aromatic heterocycles. The average Bonchev–Trinajstić information content (AvgIpc) is 2.44. The van der Waals surface area contributed by atoms with Gasteiger partial charge in [-0.1, -0.05) is 12.8 Å². The summed E-state index contributed by atoms with van der Waals surface area (Å²) in [6.45, 7) is 2.63. The predicted molar refractivity (Wildman–Crippen MR) is 74.8 cm³/mol. The largest absolute Gasteiger partial charge is 0.477 e. The lowest BCUT2D eigenvalue weighted by molar-refractivity contribution is 0.0690. The second-order valence-corrected chi connectivity index (χ2v) is 5.39. The minimum atomic E-state index is -1.05. The molecule has 0 aromatic carbocycles. The second kappa shape index (κ2) is 6.65. The van der Waals surface area contributed by atoms with Crippen LogP contribution in [0.5, 0.6) is 0 Å². The molecule has 20 heavy (non-hydrogen) atoms. The van der Waals surface area contributed by atoms with Gasteiger partial charge in [-0.3, -0.25) is 0 Å². The highest BCUT2D eigenvalue weighted by molar-refractivity contribution is 5.85. The van der Waals surface area contributed by atoms with Gasteiger partial charge in [-0.15, -0.1) is 0 Å². The number of carboxylic acids is 1. The number of rotatable bonds is 5. The lowest BCUT2D eigenvalue weighted by Crippen LogP contribution is -2.29. The minimum Gasteiger partial charge on any atom is -0.477 e. The number of aliphatic hydroxyl groups excluding tert-OH is 1. The molecule has 0 spiro atoms. The number of carbonyl (C=O) groups is 1. The number of aliphatic hydroxyl groups is 1. The van der Waals surface area contributed by atoms with Gasteiger partial charge in [-0.25, -0.2) is 14.8 Å². The van der Waals surface area contributed by atoms with E-state index in [9.17, 15) is 9.90 Å². The molecule has 1 aromatic rings. The molecule has 110 valence electrons. The van der Waals surface area contributed by atoms with Crippen molar-refractivity contribution in [3.8, 4) is 0 Å². The monoisotopic (exact) mass is 279 g/mol. The summed E-state index contributed by atoms with van der Waals surface area (Å²) < 4.78 is 0. The molecule has 0 amide bonds. The maximum Gasteiger partial charge on any atom is 0.354 e. The molecule has 1 heterocycles. The van der Waals surface area contributed by atoms with Crippen LogP contribution in [-0.4, -0.2) is 39.3 Å². The van der Waals surface area contributed by atoms with Gasteiger partial charge in [0.25, 0.3) is 0 Å². The number of aromatic carboxylic acids is 1. The molecule has 0 bridgehead atoms. The van der Waals surface area contributed by atoms with Crippen LogP contribution < -0.4 is 5.32 Å². The molecule has 2 atom stereocenters. The molecule has 2 unspecified atom stereocenters. The van der Waals surface area contributed by atoms with E-state index < -0.39 is 5.97 Å². The van der Waals surface area contributed by atoms with Crippen molar-refractivity contribution in [3.63, 3.8) is 0 Å². The van der Waals surface area contributed by atoms with E-state index in [0.29, 0.717) is 30.0 Å². The number of hydrogen-bond donors (Lipinski definition) is 3. The van der Waals surface area contributed by atoms with Gasteiger partial charge in [0.15, 0.2) is 5.69 Å². The van der Waals surface area contributed by atoms with Crippen molar-refractivity contribution in [2.45, 2.75) is 32.6 Å². The Morgan fingerprint density at radius 2 is 2.05 bits per heavy atom. The van der Waals surface area contributed by atoms with Crippen LogP contribution in [0.1, 0.15) is 41.9 Å². The SMILES string of the molecule is Cc1cc(C(=O)O)nc(NCC2CCCCC2CO)n1.